The smallest absolute Gasteiger partial charge is 0.257 e. The zero-order chi connectivity index (χ0) is 17.7. The van der Waals surface area contributed by atoms with Crippen molar-refractivity contribution in [3.63, 3.8) is 0 Å². The molecule has 1 aromatic heterocycles. The van der Waals surface area contributed by atoms with Crippen molar-refractivity contribution in [2.24, 2.45) is 0 Å². The fourth-order valence-corrected chi connectivity index (χ4v) is 2.94. The minimum absolute atomic E-state index is 0.0877. The Bertz CT molecular complexity index is 794. The van der Waals surface area contributed by atoms with Crippen molar-refractivity contribution < 1.29 is 14.3 Å². The first-order chi connectivity index (χ1) is 11.4. The van der Waals surface area contributed by atoms with Gasteiger partial charge in [0.1, 0.15) is 5.82 Å². The van der Waals surface area contributed by atoms with E-state index >= 15 is 0 Å². The average Bonchev–Trinajstić information content (AvgIpc) is 2.52. The van der Waals surface area contributed by atoms with Crippen LogP contribution in [0.2, 0.25) is 0 Å². The number of nitrogens with zero attached hydrogens (tertiary/aromatic N) is 2. The number of halogens is 1. The van der Waals surface area contributed by atoms with E-state index in [0.717, 1.165) is 17.8 Å². The Labute approximate surface area is 142 Å². The van der Waals surface area contributed by atoms with E-state index in [1.165, 1.54) is 22.8 Å². The summed E-state index contributed by atoms with van der Waals surface area (Å²) in [5.41, 5.74) is -0.293. The molecule has 0 radical (unpaired) electrons. The standard InChI is InChI=1S/C16H18FN3O3S/c1-3-8-20-14(22)9-13(21)19-16(20)24-10(2)15(23)18-12-7-5-4-6-11(12)17/h4-7,9-10,21H,3,8H2,1-2H3,(H,18,23). The van der Waals surface area contributed by atoms with Gasteiger partial charge < -0.3 is 10.4 Å². The van der Waals surface area contributed by atoms with Gasteiger partial charge in [0.25, 0.3) is 5.56 Å². The minimum atomic E-state index is -0.638. The molecule has 0 fully saturated rings. The lowest BCUT2D eigenvalue weighted by atomic mass is 10.3. The lowest BCUT2D eigenvalue weighted by Crippen LogP contribution is -2.26. The molecule has 1 heterocycles. The predicted molar refractivity (Wildman–Crippen MR) is 90.8 cm³/mol. The molecule has 6 nitrogen and oxygen atoms in total. The summed E-state index contributed by atoms with van der Waals surface area (Å²) in [5, 5.41) is 11.6. The maximum atomic E-state index is 13.6. The van der Waals surface area contributed by atoms with Crippen molar-refractivity contribution >= 4 is 23.4 Å². The summed E-state index contributed by atoms with van der Waals surface area (Å²) in [6, 6.07) is 6.90. The predicted octanol–water partition coefficient (Wildman–Crippen LogP) is 2.62. The normalized spacial score (nSPS) is 12.0. The van der Waals surface area contributed by atoms with Crippen molar-refractivity contribution in [1.82, 2.24) is 9.55 Å². The number of carbonyl (C=O) groups is 1. The van der Waals surface area contributed by atoms with Crippen LogP contribution in [0.4, 0.5) is 10.1 Å². The summed E-state index contributed by atoms with van der Waals surface area (Å²) < 4.78 is 15.0. The third kappa shape index (κ3) is 4.35. The Hall–Kier alpha value is -2.35. The summed E-state index contributed by atoms with van der Waals surface area (Å²) in [5.74, 6) is -1.34. The van der Waals surface area contributed by atoms with E-state index in [9.17, 15) is 19.1 Å². The zero-order valence-corrected chi connectivity index (χ0v) is 14.1. The topological polar surface area (TPSA) is 84.2 Å². The molecule has 0 spiro atoms. The first-order valence-electron chi connectivity index (χ1n) is 7.45. The van der Waals surface area contributed by atoms with Gasteiger partial charge in [-0.25, -0.2) is 4.39 Å². The first-order valence-corrected chi connectivity index (χ1v) is 8.33. The monoisotopic (exact) mass is 351 g/mol. The van der Waals surface area contributed by atoms with Gasteiger partial charge in [-0.15, -0.1) is 0 Å². The van der Waals surface area contributed by atoms with E-state index in [1.807, 2.05) is 6.92 Å². The van der Waals surface area contributed by atoms with Gasteiger partial charge in [0.15, 0.2) is 5.16 Å². The number of benzene rings is 1. The van der Waals surface area contributed by atoms with Crippen molar-refractivity contribution in [3.05, 3.63) is 46.5 Å². The molecular formula is C16H18FN3O3S. The van der Waals surface area contributed by atoms with Gasteiger partial charge in [-0.3, -0.25) is 14.2 Å². The molecule has 2 N–H and O–H groups in total. The highest BCUT2D eigenvalue weighted by Gasteiger charge is 2.19. The second-order valence-electron chi connectivity index (χ2n) is 5.12. The van der Waals surface area contributed by atoms with Gasteiger partial charge >= 0.3 is 0 Å². The van der Waals surface area contributed by atoms with Gasteiger partial charge in [0.05, 0.1) is 17.0 Å². The third-order valence-electron chi connectivity index (χ3n) is 3.19. The Kier molecular flexibility index (Phi) is 5.97. The zero-order valence-electron chi connectivity index (χ0n) is 13.3. The van der Waals surface area contributed by atoms with Crippen LogP contribution in [-0.2, 0) is 11.3 Å². The maximum absolute atomic E-state index is 13.6. The quantitative estimate of drug-likeness (QED) is 0.617. The molecule has 1 amide bonds. The van der Waals surface area contributed by atoms with Gasteiger partial charge in [-0.1, -0.05) is 30.8 Å². The third-order valence-corrected chi connectivity index (χ3v) is 4.28. The average molecular weight is 351 g/mol. The molecule has 2 aromatic rings. The first kappa shape index (κ1) is 18.0. The van der Waals surface area contributed by atoms with Crippen LogP contribution in [-0.4, -0.2) is 25.8 Å². The van der Waals surface area contributed by atoms with Crippen LogP contribution >= 0.6 is 11.8 Å². The Morgan fingerprint density at radius 1 is 1.46 bits per heavy atom. The van der Waals surface area contributed by atoms with Gasteiger partial charge in [-0.05, 0) is 25.5 Å². The number of para-hydroxylation sites is 1. The Balaban J connectivity index is 2.17. The summed E-state index contributed by atoms with van der Waals surface area (Å²) >= 11 is 1.03. The molecule has 0 saturated heterocycles. The van der Waals surface area contributed by atoms with E-state index in [4.69, 9.17) is 0 Å². The summed E-state index contributed by atoms with van der Waals surface area (Å²) in [6.07, 6.45) is 0.704. The molecule has 0 aliphatic carbocycles. The number of rotatable bonds is 6. The number of hydrogen-bond donors (Lipinski definition) is 2. The molecule has 8 heteroatoms. The maximum Gasteiger partial charge on any atom is 0.257 e. The highest BCUT2D eigenvalue weighted by Crippen LogP contribution is 2.24. The van der Waals surface area contributed by atoms with Crippen molar-refractivity contribution in [3.8, 4) is 5.88 Å². The molecule has 2 rings (SSSR count). The highest BCUT2D eigenvalue weighted by molar-refractivity contribution is 8.00. The molecule has 128 valence electrons. The van der Waals surface area contributed by atoms with Crippen LogP contribution in [0.5, 0.6) is 5.88 Å². The summed E-state index contributed by atoms with van der Waals surface area (Å²) in [4.78, 5) is 28.1. The van der Waals surface area contributed by atoms with Gasteiger partial charge in [0.2, 0.25) is 11.8 Å². The van der Waals surface area contributed by atoms with E-state index in [2.05, 4.69) is 10.3 Å². The van der Waals surface area contributed by atoms with Crippen LogP contribution in [0, 0.1) is 5.82 Å². The molecule has 0 bridgehead atoms. The fraction of sp³-hybridized carbons (Fsp3) is 0.312. The number of anilines is 1. The molecule has 24 heavy (non-hydrogen) atoms. The van der Waals surface area contributed by atoms with Crippen molar-refractivity contribution in [1.29, 1.82) is 0 Å². The number of carbonyl (C=O) groups excluding carboxylic acids is 1. The molecule has 1 atom stereocenters. The number of hydrogen-bond acceptors (Lipinski definition) is 5. The number of aromatic hydroxyl groups is 1. The van der Waals surface area contributed by atoms with Crippen LogP contribution in [0.1, 0.15) is 20.3 Å². The number of aromatic nitrogens is 2. The number of amides is 1. The molecule has 0 aliphatic heterocycles. The lowest BCUT2D eigenvalue weighted by molar-refractivity contribution is -0.115. The Morgan fingerprint density at radius 3 is 2.83 bits per heavy atom. The van der Waals surface area contributed by atoms with E-state index in [1.54, 1.807) is 13.0 Å². The van der Waals surface area contributed by atoms with Gasteiger partial charge in [0, 0.05) is 6.54 Å². The minimum Gasteiger partial charge on any atom is -0.493 e. The molecular weight excluding hydrogens is 333 g/mol. The van der Waals surface area contributed by atoms with E-state index in [0.29, 0.717) is 13.0 Å². The van der Waals surface area contributed by atoms with Crippen LogP contribution in [0.3, 0.4) is 0 Å². The van der Waals surface area contributed by atoms with Crippen LogP contribution in [0.15, 0.2) is 40.3 Å². The van der Waals surface area contributed by atoms with Gasteiger partial charge in [-0.2, -0.15) is 4.98 Å². The molecule has 1 aromatic carbocycles. The summed E-state index contributed by atoms with van der Waals surface area (Å²) in [6.45, 7) is 3.95. The van der Waals surface area contributed by atoms with Crippen LogP contribution in [0.25, 0.3) is 0 Å². The lowest BCUT2D eigenvalue weighted by Gasteiger charge is -2.15. The molecule has 0 aliphatic rings. The van der Waals surface area contributed by atoms with E-state index < -0.39 is 22.9 Å². The molecule has 1 unspecified atom stereocenters. The SMILES string of the molecule is CCCn1c(SC(C)C(=O)Nc2ccccc2F)nc(O)cc1=O. The summed E-state index contributed by atoms with van der Waals surface area (Å²) in [7, 11) is 0. The Morgan fingerprint density at radius 2 is 2.17 bits per heavy atom. The second kappa shape index (κ2) is 7.96. The number of nitrogens with one attached hydrogen (secondary N) is 1. The number of thioether (sulfide) groups is 1. The van der Waals surface area contributed by atoms with Crippen molar-refractivity contribution in [2.75, 3.05) is 5.32 Å². The van der Waals surface area contributed by atoms with E-state index in [-0.39, 0.29) is 16.4 Å². The van der Waals surface area contributed by atoms with Crippen molar-refractivity contribution in [2.45, 2.75) is 37.2 Å². The molecule has 0 saturated carbocycles. The largest absolute Gasteiger partial charge is 0.493 e. The fourth-order valence-electron chi connectivity index (χ4n) is 2.00. The van der Waals surface area contributed by atoms with Crippen LogP contribution < -0.4 is 10.9 Å². The second-order valence-corrected chi connectivity index (χ2v) is 6.42. The highest BCUT2D eigenvalue weighted by atomic mass is 32.2.